The van der Waals surface area contributed by atoms with Crippen LogP contribution in [-0.4, -0.2) is 54.5 Å². The molecule has 0 radical (unpaired) electrons. The molecule has 1 atom stereocenters. The summed E-state index contributed by atoms with van der Waals surface area (Å²) in [6.45, 7) is 5.60. The fourth-order valence-electron chi connectivity index (χ4n) is 4.42. The first-order valence-corrected chi connectivity index (χ1v) is 9.19. The number of hydrogen-bond donors (Lipinski definition) is 0. The molecular formula is C18H32F2N2. The quantitative estimate of drug-likeness (QED) is 0.719. The summed E-state index contributed by atoms with van der Waals surface area (Å²) in [5, 5.41) is 0. The van der Waals surface area contributed by atoms with Gasteiger partial charge in [-0.05, 0) is 64.1 Å². The molecule has 0 N–H and O–H groups in total. The molecule has 0 bridgehead atoms. The molecule has 2 aliphatic carbocycles. The Balaban J connectivity index is 1.48. The van der Waals surface area contributed by atoms with Gasteiger partial charge in [-0.1, -0.05) is 13.3 Å². The van der Waals surface area contributed by atoms with Gasteiger partial charge in [-0.2, -0.15) is 0 Å². The van der Waals surface area contributed by atoms with Gasteiger partial charge in [0.25, 0.3) is 0 Å². The molecule has 22 heavy (non-hydrogen) atoms. The third kappa shape index (κ3) is 4.19. The average molecular weight is 314 g/mol. The van der Waals surface area contributed by atoms with E-state index in [1.807, 2.05) is 0 Å². The zero-order chi connectivity index (χ0) is 15.8. The molecular weight excluding hydrogens is 282 g/mol. The number of piperidine rings is 1. The van der Waals surface area contributed by atoms with Gasteiger partial charge >= 0.3 is 0 Å². The molecule has 0 aromatic carbocycles. The van der Waals surface area contributed by atoms with Gasteiger partial charge in [0.05, 0.1) is 0 Å². The van der Waals surface area contributed by atoms with Crippen molar-refractivity contribution in [3.05, 3.63) is 0 Å². The minimum atomic E-state index is -2.44. The van der Waals surface area contributed by atoms with Gasteiger partial charge in [-0.25, -0.2) is 8.78 Å². The number of hydrogen-bond acceptors (Lipinski definition) is 2. The van der Waals surface area contributed by atoms with Gasteiger partial charge in [0.15, 0.2) is 0 Å². The highest BCUT2D eigenvalue weighted by Crippen LogP contribution is 2.45. The standard InChI is InChI=1S/C18H32F2N2/c1-17(9-10-17)14-21(2)15-6-11-22(12-7-15)16-5-3-4-8-18(19,20)13-16/h15-16H,3-14H2,1-2H3. The third-order valence-electron chi connectivity index (χ3n) is 6.24. The molecule has 1 heterocycles. The van der Waals surface area contributed by atoms with E-state index in [1.54, 1.807) is 0 Å². The first-order valence-electron chi connectivity index (χ1n) is 9.19. The Hall–Kier alpha value is -0.220. The maximum Gasteiger partial charge on any atom is 0.249 e. The summed E-state index contributed by atoms with van der Waals surface area (Å²) in [6, 6.07) is 0.768. The highest BCUT2D eigenvalue weighted by atomic mass is 19.3. The van der Waals surface area contributed by atoms with Gasteiger partial charge in [0.1, 0.15) is 0 Å². The highest BCUT2D eigenvalue weighted by molar-refractivity contribution is 4.93. The van der Waals surface area contributed by atoms with E-state index < -0.39 is 5.92 Å². The van der Waals surface area contributed by atoms with Crippen LogP contribution in [0.25, 0.3) is 0 Å². The zero-order valence-corrected chi connectivity index (χ0v) is 14.3. The summed E-state index contributed by atoms with van der Waals surface area (Å²) >= 11 is 0. The molecule has 0 aromatic rings. The lowest BCUT2D eigenvalue weighted by Crippen LogP contribution is -2.48. The second-order valence-electron chi connectivity index (χ2n) is 8.45. The Morgan fingerprint density at radius 1 is 1.05 bits per heavy atom. The smallest absolute Gasteiger partial charge is 0.249 e. The van der Waals surface area contributed by atoms with Crippen LogP contribution in [0.5, 0.6) is 0 Å². The minimum absolute atomic E-state index is 0.0889. The summed E-state index contributed by atoms with van der Waals surface area (Å²) < 4.78 is 27.7. The normalized spacial score (nSPS) is 32.9. The van der Waals surface area contributed by atoms with Gasteiger partial charge in [-0.15, -0.1) is 0 Å². The van der Waals surface area contributed by atoms with Crippen molar-refractivity contribution in [2.24, 2.45) is 5.41 Å². The van der Waals surface area contributed by atoms with E-state index in [0.717, 1.165) is 38.8 Å². The minimum Gasteiger partial charge on any atom is -0.303 e. The SMILES string of the molecule is CN(CC1(C)CC1)C1CCN(C2CCCCC(F)(F)C2)CC1. The summed E-state index contributed by atoms with van der Waals surface area (Å²) in [4.78, 5) is 4.90. The van der Waals surface area contributed by atoms with E-state index in [4.69, 9.17) is 0 Å². The van der Waals surface area contributed by atoms with Crippen LogP contribution in [0, 0.1) is 5.41 Å². The van der Waals surface area contributed by atoms with Gasteiger partial charge in [0.2, 0.25) is 5.92 Å². The lowest BCUT2D eigenvalue weighted by atomic mass is 9.97. The maximum atomic E-state index is 13.8. The van der Waals surface area contributed by atoms with E-state index in [1.165, 1.54) is 19.4 Å². The Morgan fingerprint density at radius 2 is 1.73 bits per heavy atom. The topological polar surface area (TPSA) is 6.48 Å². The lowest BCUT2D eigenvalue weighted by Gasteiger charge is -2.41. The van der Waals surface area contributed by atoms with E-state index >= 15 is 0 Å². The van der Waals surface area contributed by atoms with Crippen LogP contribution in [0.3, 0.4) is 0 Å². The number of nitrogens with zero attached hydrogens (tertiary/aromatic N) is 2. The molecule has 0 amide bonds. The Bertz CT molecular complexity index is 373. The molecule has 0 spiro atoms. The molecule has 3 rings (SSSR count). The van der Waals surface area contributed by atoms with Crippen molar-refractivity contribution in [1.82, 2.24) is 9.80 Å². The second-order valence-corrected chi connectivity index (χ2v) is 8.45. The van der Waals surface area contributed by atoms with E-state index in [-0.39, 0.29) is 18.9 Å². The average Bonchev–Trinajstić information content (AvgIpc) is 3.22. The zero-order valence-electron chi connectivity index (χ0n) is 14.3. The van der Waals surface area contributed by atoms with Crippen molar-refractivity contribution in [1.29, 1.82) is 0 Å². The van der Waals surface area contributed by atoms with Gasteiger partial charge < -0.3 is 9.80 Å². The molecule has 128 valence electrons. The molecule has 1 saturated heterocycles. The van der Waals surface area contributed by atoms with Crippen molar-refractivity contribution < 1.29 is 8.78 Å². The fourth-order valence-corrected chi connectivity index (χ4v) is 4.42. The first kappa shape index (κ1) is 16.6. The summed E-state index contributed by atoms with van der Waals surface area (Å²) in [5.41, 5.74) is 0.565. The molecule has 1 unspecified atom stereocenters. The van der Waals surface area contributed by atoms with Crippen LogP contribution >= 0.6 is 0 Å². The Labute approximate surface area is 134 Å². The summed E-state index contributed by atoms with van der Waals surface area (Å²) in [6.07, 6.45) is 7.85. The van der Waals surface area contributed by atoms with Crippen LogP contribution in [-0.2, 0) is 0 Å². The Morgan fingerprint density at radius 3 is 2.36 bits per heavy atom. The molecule has 3 fully saturated rings. The van der Waals surface area contributed by atoms with Crippen molar-refractivity contribution in [3.63, 3.8) is 0 Å². The number of rotatable bonds is 4. The number of halogens is 2. The predicted octanol–water partition coefficient (Wildman–Crippen LogP) is 4.15. The van der Waals surface area contributed by atoms with Crippen LogP contribution in [0.1, 0.15) is 64.7 Å². The predicted molar refractivity (Wildman–Crippen MR) is 86.4 cm³/mol. The van der Waals surface area contributed by atoms with E-state index in [0.29, 0.717) is 17.9 Å². The molecule has 4 heteroatoms. The van der Waals surface area contributed by atoms with Crippen molar-refractivity contribution in [3.8, 4) is 0 Å². The fraction of sp³-hybridized carbons (Fsp3) is 1.00. The number of alkyl halides is 2. The van der Waals surface area contributed by atoms with Crippen LogP contribution in [0.4, 0.5) is 8.78 Å². The van der Waals surface area contributed by atoms with Crippen LogP contribution < -0.4 is 0 Å². The second kappa shape index (κ2) is 6.35. The Kier molecular flexibility index (Phi) is 4.80. The largest absolute Gasteiger partial charge is 0.303 e. The van der Waals surface area contributed by atoms with Crippen molar-refractivity contribution in [2.45, 2.75) is 82.7 Å². The van der Waals surface area contributed by atoms with Crippen molar-refractivity contribution >= 4 is 0 Å². The molecule has 1 aliphatic heterocycles. The lowest BCUT2D eigenvalue weighted by molar-refractivity contribution is -0.0385. The van der Waals surface area contributed by atoms with Gasteiger partial charge in [-0.3, -0.25) is 0 Å². The summed E-state index contributed by atoms with van der Waals surface area (Å²) in [5.74, 6) is -2.44. The third-order valence-corrected chi connectivity index (χ3v) is 6.24. The first-order chi connectivity index (χ1) is 10.4. The molecule has 3 aliphatic rings. The van der Waals surface area contributed by atoms with E-state index in [2.05, 4.69) is 23.8 Å². The monoisotopic (exact) mass is 314 g/mol. The highest BCUT2D eigenvalue weighted by Gasteiger charge is 2.41. The number of likely N-dealkylation sites (tertiary alicyclic amines) is 1. The van der Waals surface area contributed by atoms with E-state index in [9.17, 15) is 8.78 Å². The van der Waals surface area contributed by atoms with Crippen molar-refractivity contribution in [2.75, 3.05) is 26.7 Å². The van der Waals surface area contributed by atoms with Crippen LogP contribution in [0.15, 0.2) is 0 Å². The summed E-state index contributed by atoms with van der Waals surface area (Å²) in [7, 11) is 2.25. The molecule has 2 saturated carbocycles. The maximum absolute atomic E-state index is 13.8. The van der Waals surface area contributed by atoms with Gasteiger partial charge in [0, 0.05) is 31.5 Å². The van der Waals surface area contributed by atoms with Crippen LogP contribution in [0.2, 0.25) is 0 Å². The molecule has 2 nitrogen and oxygen atoms in total. The molecule has 0 aromatic heterocycles.